The maximum atomic E-state index is 13.6. The van der Waals surface area contributed by atoms with Gasteiger partial charge in [0.15, 0.2) is 0 Å². The summed E-state index contributed by atoms with van der Waals surface area (Å²) in [5, 5.41) is 8.60. The zero-order chi connectivity index (χ0) is 16.7. The van der Waals surface area contributed by atoms with E-state index in [-0.39, 0.29) is 37.0 Å². The highest BCUT2D eigenvalue weighted by molar-refractivity contribution is 5.85. The number of piperazine rings is 1. The van der Waals surface area contributed by atoms with Crippen molar-refractivity contribution in [1.29, 1.82) is 0 Å². The first-order chi connectivity index (χ1) is 11.1. The van der Waals surface area contributed by atoms with E-state index in [9.17, 15) is 14.0 Å². The van der Waals surface area contributed by atoms with Crippen molar-refractivity contribution in [2.75, 3.05) is 32.7 Å². The van der Waals surface area contributed by atoms with Crippen molar-refractivity contribution in [3.8, 4) is 0 Å². The minimum atomic E-state index is -0.756. The van der Waals surface area contributed by atoms with Crippen LogP contribution < -0.4 is 0 Å². The summed E-state index contributed by atoms with van der Waals surface area (Å²) in [6.07, 6.45) is 1.85. The number of rotatable bonds is 7. The molecule has 1 aromatic carbocycles. The van der Waals surface area contributed by atoms with Gasteiger partial charge in [0.1, 0.15) is 5.82 Å². The molecule has 1 fully saturated rings. The Morgan fingerprint density at radius 1 is 1.08 bits per heavy atom. The van der Waals surface area contributed by atoms with Gasteiger partial charge in [0.25, 0.3) is 0 Å². The van der Waals surface area contributed by atoms with E-state index >= 15 is 0 Å². The number of nitrogens with zero attached hydrogens (tertiary/aromatic N) is 2. The number of carbonyl (C=O) groups excluding carboxylic acids is 1. The highest BCUT2D eigenvalue weighted by Crippen LogP contribution is 2.11. The van der Waals surface area contributed by atoms with Crippen molar-refractivity contribution in [2.24, 2.45) is 0 Å². The van der Waals surface area contributed by atoms with E-state index in [1.165, 1.54) is 6.07 Å². The van der Waals surface area contributed by atoms with Crippen molar-refractivity contribution in [2.45, 2.75) is 25.7 Å². The number of unbranched alkanes of at least 4 members (excludes halogenated alkanes) is 1. The van der Waals surface area contributed by atoms with Crippen molar-refractivity contribution in [1.82, 2.24) is 9.80 Å². The first-order valence-electron chi connectivity index (χ1n) is 8.01. The van der Waals surface area contributed by atoms with Crippen molar-refractivity contribution >= 4 is 24.3 Å². The number of carbonyl (C=O) groups is 2. The predicted octanol–water partition coefficient (Wildman–Crippen LogP) is 2.19. The molecule has 1 aliphatic rings. The summed E-state index contributed by atoms with van der Waals surface area (Å²) in [6, 6.07) is 6.37. The molecule has 0 atom stereocenters. The molecule has 24 heavy (non-hydrogen) atoms. The van der Waals surface area contributed by atoms with Crippen LogP contribution in [0.15, 0.2) is 24.3 Å². The molecule has 0 spiro atoms. The van der Waals surface area contributed by atoms with Crippen LogP contribution in [0.4, 0.5) is 4.39 Å². The minimum absolute atomic E-state index is 0. The summed E-state index contributed by atoms with van der Waals surface area (Å²) in [5.41, 5.74) is 0.439. The van der Waals surface area contributed by atoms with Crippen LogP contribution in [0.25, 0.3) is 0 Å². The van der Waals surface area contributed by atoms with Gasteiger partial charge >= 0.3 is 5.97 Å². The van der Waals surface area contributed by atoms with Gasteiger partial charge < -0.3 is 10.0 Å². The van der Waals surface area contributed by atoms with Gasteiger partial charge in [-0.25, -0.2) is 4.39 Å². The van der Waals surface area contributed by atoms with E-state index in [4.69, 9.17) is 5.11 Å². The molecule has 0 aliphatic carbocycles. The number of benzene rings is 1. The van der Waals surface area contributed by atoms with Crippen LogP contribution in [-0.2, 0) is 16.0 Å². The SMILES string of the molecule is Cl.O=C(O)CCCCN1CCN(C(=O)Cc2ccccc2F)CC1. The predicted molar refractivity (Wildman–Crippen MR) is 91.9 cm³/mol. The van der Waals surface area contributed by atoms with E-state index in [2.05, 4.69) is 4.90 Å². The van der Waals surface area contributed by atoms with Crippen LogP contribution in [-0.4, -0.2) is 59.5 Å². The highest BCUT2D eigenvalue weighted by Gasteiger charge is 2.21. The number of aliphatic carboxylic acids is 1. The van der Waals surface area contributed by atoms with Crippen LogP contribution in [0.3, 0.4) is 0 Å². The first-order valence-corrected chi connectivity index (χ1v) is 8.01. The number of hydrogen-bond donors (Lipinski definition) is 1. The largest absolute Gasteiger partial charge is 0.481 e. The van der Waals surface area contributed by atoms with Crippen LogP contribution in [0.5, 0.6) is 0 Å². The summed E-state index contributed by atoms with van der Waals surface area (Å²) in [6.45, 7) is 3.73. The maximum absolute atomic E-state index is 13.6. The Labute approximate surface area is 147 Å². The number of halogens is 2. The van der Waals surface area contributed by atoms with E-state index in [1.807, 2.05) is 0 Å². The third-order valence-corrected chi connectivity index (χ3v) is 4.14. The Balaban J connectivity index is 0.00000288. The highest BCUT2D eigenvalue weighted by atomic mass is 35.5. The lowest BCUT2D eigenvalue weighted by Crippen LogP contribution is -2.49. The van der Waals surface area contributed by atoms with Gasteiger partial charge in [0.05, 0.1) is 6.42 Å². The minimum Gasteiger partial charge on any atom is -0.481 e. The van der Waals surface area contributed by atoms with E-state index < -0.39 is 5.97 Å². The molecule has 1 heterocycles. The molecule has 134 valence electrons. The van der Waals surface area contributed by atoms with Crippen LogP contribution in [0, 0.1) is 5.82 Å². The Morgan fingerprint density at radius 2 is 1.75 bits per heavy atom. The smallest absolute Gasteiger partial charge is 0.303 e. The van der Waals surface area contributed by atoms with Crippen molar-refractivity contribution in [3.05, 3.63) is 35.6 Å². The molecule has 2 rings (SSSR count). The van der Waals surface area contributed by atoms with Gasteiger partial charge in [0.2, 0.25) is 5.91 Å². The fourth-order valence-electron chi connectivity index (χ4n) is 2.75. The lowest BCUT2D eigenvalue weighted by molar-refractivity contribution is -0.137. The summed E-state index contributed by atoms with van der Waals surface area (Å²) >= 11 is 0. The van der Waals surface area contributed by atoms with Gasteiger partial charge in [0, 0.05) is 32.6 Å². The molecule has 0 radical (unpaired) electrons. The second-order valence-corrected chi connectivity index (χ2v) is 5.84. The topological polar surface area (TPSA) is 60.9 Å². The first kappa shape index (κ1) is 20.4. The van der Waals surface area contributed by atoms with Crippen LogP contribution in [0.1, 0.15) is 24.8 Å². The van der Waals surface area contributed by atoms with Gasteiger partial charge in [-0.05, 0) is 31.0 Å². The molecule has 1 N–H and O–H groups in total. The van der Waals surface area contributed by atoms with E-state index in [0.29, 0.717) is 25.1 Å². The van der Waals surface area contributed by atoms with Crippen LogP contribution >= 0.6 is 12.4 Å². The van der Waals surface area contributed by atoms with Crippen molar-refractivity contribution in [3.63, 3.8) is 0 Å². The zero-order valence-electron chi connectivity index (χ0n) is 13.6. The maximum Gasteiger partial charge on any atom is 0.303 e. The molecule has 1 aromatic rings. The standard InChI is InChI=1S/C17H23FN2O3.ClH/c18-15-6-2-1-5-14(15)13-16(21)20-11-9-19(10-12-20)8-4-3-7-17(22)23;/h1-2,5-6H,3-4,7-13H2,(H,22,23);1H. The average molecular weight is 359 g/mol. The van der Waals surface area contributed by atoms with Gasteiger partial charge in [-0.2, -0.15) is 0 Å². The molecule has 5 nitrogen and oxygen atoms in total. The molecule has 0 unspecified atom stereocenters. The molecule has 7 heteroatoms. The van der Waals surface area contributed by atoms with Crippen LogP contribution in [0.2, 0.25) is 0 Å². The quantitative estimate of drug-likeness (QED) is 0.759. The molecule has 0 aromatic heterocycles. The summed E-state index contributed by atoms with van der Waals surface area (Å²) < 4.78 is 13.6. The Kier molecular flexibility index (Phi) is 8.71. The monoisotopic (exact) mass is 358 g/mol. The Bertz CT molecular complexity index is 548. The lowest BCUT2D eigenvalue weighted by Gasteiger charge is -2.34. The molecule has 1 amide bonds. The van der Waals surface area contributed by atoms with Gasteiger partial charge in [-0.15, -0.1) is 12.4 Å². The Hall–Kier alpha value is -1.66. The Morgan fingerprint density at radius 3 is 2.38 bits per heavy atom. The van der Waals surface area contributed by atoms with Gasteiger partial charge in [-0.3, -0.25) is 14.5 Å². The number of hydrogen-bond acceptors (Lipinski definition) is 3. The van der Waals surface area contributed by atoms with E-state index in [1.54, 1.807) is 23.1 Å². The molecule has 0 bridgehead atoms. The lowest BCUT2D eigenvalue weighted by atomic mass is 10.1. The van der Waals surface area contributed by atoms with Crippen molar-refractivity contribution < 1.29 is 19.1 Å². The summed E-state index contributed by atoms with van der Waals surface area (Å²) in [7, 11) is 0. The molecule has 1 saturated heterocycles. The molecule has 0 saturated carbocycles. The third kappa shape index (κ3) is 6.45. The zero-order valence-corrected chi connectivity index (χ0v) is 14.4. The number of carboxylic acids is 1. The normalized spacial score (nSPS) is 15.0. The average Bonchev–Trinajstić information content (AvgIpc) is 2.54. The number of carboxylic acid groups (broad SMARTS) is 1. The molecular formula is C17H24ClFN2O3. The third-order valence-electron chi connectivity index (χ3n) is 4.14. The fraction of sp³-hybridized carbons (Fsp3) is 0.529. The molecular weight excluding hydrogens is 335 g/mol. The van der Waals surface area contributed by atoms with E-state index in [0.717, 1.165) is 26.1 Å². The summed E-state index contributed by atoms with van der Waals surface area (Å²) in [5.74, 6) is -1.13. The second-order valence-electron chi connectivity index (χ2n) is 5.84. The molecule has 1 aliphatic heterocycles. The fourth-order valence-corrected chi connectivity index (χ4v) is 2.75. The number of amides is 1. The second kappa shape index (κ2) is 10.3. The summed E-state index contributed by atoms with van der Waals surface area (Å²) in [4.78, 5) is 26.7. The van der Waals surface area contributed by atoms with Gasteiger partial charge in [-0.1, -0.05) is 18.2 Å².